The molecule has 0 spiro atoms. The Morgan fingerprint density at radius 1 is 1.38 bits per heavy atom. The summed E-state index contributed by atoms with van der Waals surface area (Å²) in [5.41, 5.74) is 1.94. The summed E-state index contributed by atoms with van der Waals surface area (Å²) in [7, 11) is 0. The second-order valence-electron chi connectivity index (χ2n) is 4.64. The van der Waals surface area contributed by atoms with Crippen molar-refractivity contribution < 1.29 is 19.4 Å². The van der Waals surface area contributed by atoms with Gasteiger partial charge in [0.25, 0.3) is 0 Å². The van der Waals surface area contributed by atoms with E-state index in [0.29, 0.717) is 25.1 Å². The fraction of sp³-hybridized carbons (Fsp3) is 0.250. The minimum atomic E-state index is -0.945. The van der Waals surface area contributed by atoms with E-state index in [2.05, 4.69) is 6.58 Å². The van der Waals surface area contributed by atoms with E-state index in [4.69, 9.17) is 4.74 Å². The van der Waals surface area contributed by atoms with Gasteiger partial charge in [0.1, 0.15) is 6.61 Å². The van der Waals surface area contributed by atoms with Crippen LogP contribution >= 0.6 is 0 Å². The quantitative estimate of drug-likeness (QED) is 0.865. The average molecular weight is 287 g/mol. The third-order valence-electron chi connectivity index (χ3n) is 3.30. The number of carbonyl (C=O) groups is 2. The summed E-state index contributed by atoms with van der Waals surface area (Å²) in [6.45, 7) is 4.61. The average Bonchev–Trinajstić information content (AvgIpc) is 2.52. The van der Waals surface area contributed by atoms with Crippen LogP contribution in [0.5, 0.6) is 0 Å². The monoisotopic (exact) mass is 287 g/mol. The Morgan fingerprint density at radius 3 is 2.76 bits per heavy atom. The number of carboxylic acid groups (broad SMARTS) is 1. The molecule has 5 nitrogen and oxygen atoms in total. The highest BCUT2D eigenvalue weighted by atomic mass is 16.6. The summed E-state index contributed by atoms with van der Waals surface area (Å²) in [5.74, 6) is -0.945. The lowest BCUT2D eigenvalue weighted by Crippen LogP contribution is -2.35. The van der Waals surface area contributed by atoms with Gasteiger partial charge in [-0.25, -0.2) is 9.59 Å². The van der Waals surface area contributed by atoms with Crippen molar-refractivity contribution >= 4 is 17.6 Å². The van der Waals surface area contributed by atoms with Gasteiger partial charge in [0, 0.05) is 13.1 Å². The number of hydrogen-bond donors (Lipinski definition) is 1. The molecule has 1 heterocycles. The largest absolute Gasteiger partial charge is 0.478 e. The van der Waals surface area contributed by atoms with E-state index in [-0.39, 0.29) is 18.3 Å². The van der Waals surface area contributed by atoms with Crippen LogP contribution in [0.25, 0.3) is 5.57 Å². The van der Waals surface area contributed by atoms with Crippen molar-refractivity contribution in [1.82, 2.24) is 4.90 Å². The Kier molecular flexibility index (Phi) is 4.77. The maximum absolute atomic E-state index is 11.7. The predicted molar refractivity (Wildman–Crippen MR) is 79.1 cm³/mol. The summed E-state index contributed by atoms with van der Waals surface area (Å²) >= 11 is 0. The molecule has 1 aliphatic heterocycles. The molecule has 0 saturated carbocycles. The van der Waals surface area contributed by atoms with Crippen molar-refractivity contribution in [2.45, 2.75) is 6.42 Å². The molecular formula is C16H17NO4. The molecule has 5 heteroatoms. The number of ether oxygens (including phenoxy) is 1. The van der Waals surface area contributed by atoms with Crippen molar-refractivity contribution in [3.05, 3.63) is 54.1 Å². The lowest BCUT2D eigenvalue weighted by atomic mass is 9.95. The highest BCUT2D eigenvalue weighted by molar-refractivity contribution is 5.94. The number of aromatic carboxylic acids is 1. The summed E-state index contributed by atoms with van der Waals surface area (Å²) in [6.07, 6.45) is 3.62. The number of nitrogens with zero attached hydrogens (tertiary/aromatic N) is 1. The molecule has 0 bridgehead atoms. The lowest BCUT2D eigenvalue weighted by molar-refractivity contribution is 0.0696. The first-order chi connectivity index (χ1) is 10.1. The van der Waals surface area contributed by atoms with Crippen molar-refractivity contribution in [2.75, 3.05) is 19.7 Å². The van der Waals surface area contributed by atoms with E-state index in [9.17, 15) is 14.7 Å². The zero-order chi connectivity index (χ0) is 15.2. The number of carboxylic acids is 1. The molecule has 1 aromatic rings. The van der Waals surface area contributed by atoms with Gasteiger partial charge >= 0.3 is 12.1 Å². The topological polar surface area (TPSA) is 66.8 Å². The van der Waals surface area contributed by atoms with Gasteiger partial charge in [-0.3, -0.25) is 0 Å². The standard InChI is InChI=1S/C16H17NO4/c1-2-11-21-16(20)17-9-7-12(8-10-17)13-5-3-4-6-14(13)15(18)19/h2-7H,1,8-11H2,(H,18,19). The first kappa shape index (κ1) is 14.8. The summed E-state index contributed by atoms with van der Waals surface area (Å²) < 4.78 is 4.98. The molecule has 0 fully saturated rings. The fourth-order valence-corrected chi connectivity index (χ4v) is 2.25. The fourth-order valence-electron chi connectivity index (χ4n) is 2.25. The van der Waals surface area contributed by atoms with E-state index in [1.807, 2.05) is 12.1 Å². The Labute approximate surface area is 123 Å². The van der Waals surface area contributed by atoms with Gasteiger partial charge in [-0.2, -0.15) is 0 Å². The van der Waals surface area contributed by atoms with Gasteiger partial charge in [-0.05, 0) is 23.6 Å². The van der Waals surface area contributed by atoms with E-state index >= 15 is 0 Å². The van der Waals surface area contributed by atoms with E-state index in [0.717, 1.165) is 5.57 Å². The van der Waals surface area contributed by atoms with Crippen LogP contribution in [0.15, 0.2) is 43.0 Å². The molecule has 1 aromatic carbocycles. The number of hydrogen-bond acceptors (Lipinski definition) is 3. The van der Waals surface area contributed by atoms with Crippen LogP contribution in [0.1, 0.15) is 22.3 Å². The molecule has 0 aliphatic carbocycles. The Hall–Kier alpha value is -2.56. The maximum Gasteiger partial charge on any atom is 0.410 e. The zero-order valence-corrected chi connectivity index (χ0v) is 11.6. The van der Waals surface area contributed by atoms with Crippen LogP contribution in [-0.4, -0.2) is 41.8 Å². The second kappa shape index (κ2) is 6.74. The molecule has 0 saturated heterocycles. The van der Waals surface area contributed by atoms with Crippen molar-refractivity contribution in [3.63, 3.8) is 0 Å². The molecule has 1 aliphatic rings. The number of rotatable bonds is 4. The molecule has 110 valence electrons. The van der Waals surface area contributed by atoms with Gasteiger partial charge < -0.3 is 14.7 Å². The van der Waals surface area contributed by atoms with Gasteiger partial charge in [0.15, 0.2) is 0 Å². The summed E-state index contributed by atoms with van der Waals surface area (Å²) in [5, 5.41) is 9.21. The minimum Gasteiger partial charge on any atom is -0.478 e. The summed E-state index contributed by atoms with van der Waals surface area (Å²) in [6, 6.07) is 6.90. The molecule has 1 N–H and O–H groups in total. The van der Waals surface area contributed by atoms with Crippen LogP contribution in [0, 0.1) is 0 Å². The third kappa shape index (κ3) is 3.51. The molecule has 0 atom stereocenters. The van der Waals surface area contributed by atoms with E-state index in [1.165, 1.54) is 6.08 Å². The van der Waals surface area contributed by atoms with E-state index < -0.39 is 5.97 Å². The molecule has 0 aromatic heterocycles. The first-order valence-electron chi connectivity index (χ1n) is 6.68. The number of amides is 1. The molecule has 1 amide bonds. The van der Waals surface area contributed by atoms with Crippen LogP contribution in [-0.2, 0) is 4.74 Å². The second-order valence-corrected chi connectivity index (χ2v) is 4.64. The Morgan fingerprint density at radius 2 is 2.14 bits per heavy atom. The Balaban J connectivity index is 2.11. The van der Waals surface area contributed by atoms with Gasteiger partial charge in [-0.1, -0.05) is 36.9 Å². The number of benzene rings is 1. The SMILES string of the molecule is C=CCOC(=O)N1CC=C(c2ccccc2C(=O)O)CC1. The van der Waals surface area contributed by atoms with Crippen molar-refractivity contribution in [1.29, 1.82) is 0 Å². The third-order valence-corrected chi connectivity index (χ3v) is 3.30. The molecule has 0 radical (unpaired) electrons. The Bertz CT molecular complexity index is 592. The first-order valence-corrected chi connectivity index (χ1v) is 6.68. The van der Waals surface area contributed by atoms with Crippen LogP contribution < -0.4 is 0 Å². The highest BCUT2D eigenvalue weighted by Crippen LogP contribution is 2.25. The lowest BCUT2D eigenvalue weighted by Gasteiger charge is -2.26. The predicted octanol–water partition coefficient (Wildman–Crippen LogP) is 2.80. The van der Waals surface area contributed by atoms with Gasteiger partial charge in [-0.15, -0.1) is 0 Å². The maximum atomic E-state index is 11.7. The highest BCUT2D eigenvalue weighted by Gasteiger charge is 2.21. The normalized spacial score (nSPS) is 14.3. The van der Waals surface area contributed by atoms with Gasteiger partial charge in [0.05, 0.1) is 5.56 Å². The minimum absolute atomic E-state index is 0.188. The molecule has 21 heavy (non-hydrogen) atoms. The summed E-state index contributed by atoms with van der Waals surface area (Å²) in [4.78, 5) is 24.5. The smallest absolute Gasteiger partial charge is 0.410 e. The molecule has 0 unspecified atom stereocenters. The van der Waals surface area contributed by atoms with Crippen LogP contribution in [0.2, 0.25) is 0 Å². The van der Waals surface area contributed by atoms with Gasteiger partial charge in [0.2, 0.25) is 0 Å². The zero-order valence-electron chi connectivity index (χ0n) is 11.6. The van der Waals surface area contributed by atoms with Crippen molar-refractivity contribution in [2.24, 2.45) is 0 Å². The number of carbonyl (C=O) groups excluding carboxylic acids is 1. The van der Waals surface area contributed by atoms with Crippen LogP contribution in [0.4, 0.5) is 4.79 Å². The molecular weight excluding hydrogens is 270 g/mol. The molecule has 2 rings (SSSR count). The van der Waals surface area contributed by atoms with E-state index in [1.54, 1.807) is 23.1 Å². The van der Waals surface area contributed by atoms with Crippen molar-refractivity contribution in [3.8, 4) is 0 Å². The van der Waals surface area contributed by atoms with Crippen LogP contribution in [0.3, 0.4) is 0 Å².